The molecule has 1 heterocycles. The van der Waals surface area contributed by atoms with Crippen LogP contribution in [0, 0.1) is 13.8 Å². The molecule has 2 N–H and O–H groups in total. The number of halogens is 1. The van der Waals surface area contributed by atoms with Crippen molar-refractivity contribution in [1.29, 1.82) is 0 Å². The maximum absolute atomic E-state index is 12.3. The van der Waals surface area contributed by atoms with Crippen molar-refractivity contribution < 1.29 is 8.42 Å². The molecule has 0 aliphatic carbocycles. The van der Waals surface area contributed by atoms with Gasteiger partial charge >= 0.3 is 0 Å². The summed E-state index contributed by atoms with van der Waals surface area (Å²) in [5.41, 5.74) is 2.55. The van der Waals surface area contributed by atoms with Crippen LogP contribution in [-0.2, 0) is 10.0 Å². The topological polar surface area (TPSA) is 58.2 Å². The van der Waals surface area contributed by atoms with Gasteiger partial charge in [-0.05, 0) is 56.5 Å². The minimum Gasteiger partial charge on any atom is -0.313 e. The van der Waals surface area contributed by atoms with E-state index >= 15 is 0 Å². The minimum atomic E-state index is -3.32. The molecule has 20 heavy (non-hydrogen) atoms. The van der Waals surface area contributed by atoms with E-state index in [0.29, 0.717) is 5.69 Å². The molecule has 0 radical (unpaired) electrons. The minimum absolute atomic E-state index is 0.0670. The van der Waals surface area contributed by atoms with Crippen LogP contribution in [0.25, 0.3) is 0 Å². The molecule has 0 saturated carbocycles. The molecule has 1 saturated heterocycles. The molecule has 1 fully saturated rings. The summed E-state index contributed by atoms with van der Waals surface area (Å²) in [6.07, 6.45) is 3.16. The van der Waals surface area contributed by atoms with Crippen LogP contribution in [0.3, 0.4) is 0 Å². The number of hydrogen-bond donors (Lipinski definition) is 2. The molecule has 2 rings (SSSR count). The Morgan fingerprint density at radius 3 is 2.50 bits per heavy atom. The van der Waals surface area contributed by atoms with Gasteiger partial charge in [0.15, 0.2) is 0 Å². The highest BCUT2D eigenvalue weighted by atomic mass is 79.9. The van der Waals surface area contributed by atoms with Crippen LogP contribution in [0.4, 0.5) is 5.69 Å². The lowest BCUT2D eigenvalue weighted by molar-refractivity contribution is 0.424. The fraction of sp³-hybridized carbons (Fsp3) is 0.571. The second-order valence-electron chi connectivity index (χ2n) is 5.44. The molecule has 0 bridgehead atoms. The van der Waals surface area contributed by atoms with Gasteiger partial charge in [-0.15, -0.1) is 0 Å². The Morgan fingerprint density at radius 1 is 1.30 bits per heavy atom. The second kappa shape index (κ2) is 6.45. The van der Waals surface area contributed by atoms with Gasteiger partial charge in [-0.3, -0.25) is 4.72 Å². The van der Waals surface area contributed by atoms with Gasteiger partial charge in [0.25, 0.3) is 0 Å². The van der Waals surface area contributed by atoms with E-state index in [-0.39, 0.29) is 11.8 Å². The van der Waals surface area contributed by atoms with E-state index in [4.69, 9.17) is 0 Å². The van der Waals surface area contributed by atoms with E-state index in [2.05, 4.69) is 26.0 Å². The summed E-state index contributed by atoms with van der Waals surface area (Å²) < 4.78 is 28.3. The van der Waals surface area contributed by atoms with E-state index in [0.717, 1.165) is 41.4 Å². The third-order valence-electron chi connectivity index (χ3n) is 3.59. The normalized spacial score (nSPS) is 19.9. The summed E-state index contributed by atoms with van der Waals surface area (Å²) in [6.45, 7) is 4.74. The SMILES string of the molecule is Cc1cc(Br)cc(C)c1NS(=O)(=O)CC1CCCCN1. The first kappa shape index (κ1) is 15.8. The Morgan fingerprint density at radius 2 is 1.95 bits per heavy atom. The van der Waals surface area contributed by atoms with Gasteiger partial charge in [0.2, 0.25) is 10.0 Å². The predicted molar refractivity (Wildman–Crippen MR) is 86.7 cm³/mol. The van der Waals surface area contributed by atoms with Crippen LogP contribution in [0.5, 0.6) is 0 Å². The molecule has 6 heteroatoms. The quantitative estimate of drug-likeness (QED) is 0.867. The molecule has 1 unspecified atom stereocenters. The molecule has 1 aromatic carbocycles. The lowest BCUT2D eigenvalue weighted by atomic mass is 10.1. The molecule has 1 aliphatic rings. The fourth-order valence-electron chi connectivity index (χ4n) is 2.60. The van der Waals surface area contributed by atoms with E-state index in [1.54, 1.807) is 0 Å². The Labute approximate surface area is 129 Å². The maximum atomic E-state index is 12.3. The molecule has 4 nitrogen and oxygen atoms in total. The number of piperidine rings is 1. The van der Waals surface area contributed by atoms with Crippen molar-refractivity contribution in [2.75, 3.05) is 17.0 Å². The van der Waals surface area contributed by atoms with Crippen molar-refractivity contribution in [2.24, 2.45) is 0 Å². The third kappa shape index (κ3) is 4.20. The Balaban J connectivity index is 2.11. The first-order valence-corrected chi connectivity index (χ1v) is 9.32. The zero-order valence-corrected chi connectivity index (χ0v) is 14.3. The van der Waals surface area contributed by atoms with Gasteiger partial charge in [0, 0.05) is 10.5 Å². The number of aryl methyl sites for hydroxylation is 2. The van der Waals surface area contributed by atoms with Gasteiger partial charge in [0.1, 0.15) is 0 Å². The van der Waals surface area contributed by atoms with Crippen LogP contribution in [0.2, 0.25) is 0 Å². The van der Waals surface area contributed by atoms with Crippen LogP contribution < -0.4 is 10.0 Å². The summed E-state index contributed by atoms with van der Waals surface area (Å²) in [5, 5.41) is 3.27. The highest BCUT2D eigenvalue weighted by Gasteiger charge is 2.22. The van der Waals surface area contributed by atoms with Gasteiger partial charge in [-0.25, -0.2) is 8.42 Å². The zero-order chi connectivity index (χ0) is 14.8. The zero-order valence-electron chi connectivity index (χ0n) is 11.9. The number of rotatable bonds is 4. The van der Waals surface area contributed by atoms with Gasteiger partial charge in [-0.1, -0.05) is 22.4 Å². The largest absolute Gasteiger partial charge is 0.313 e. The highest BCUT2D eigenvalue weighted by molar-refractivity contribution is 9.10. The molecule has 0 aromatic heterocycles. The van der Waals surface area contributed by atoms with Crippen molar-refractivity contribution in [3.63, 3.8) is 0 Å². The van der Waals surface area contributed by atoms with Gasteiger partial charge in [-0.2, -0.15) is 0 Å². The Kier molecular flexibility index (Phi) is 5.09. The third-order valence-corrected chi connectivity index (χ3v) is 5.40. The van der Waals surface area contributed by atoms with Crippen LogP contribution in [-0.4, -0.2) is 26.8 Å². The van der Waals surface area contributed by atoms with Crippen LogP contribution in [0.1, 0.15) is 30.4 Å². The fourth-order valence-corrected chi connectivity index (χ4v) is 4.82. The molecule has 0 amide bonds. The summed E-state index contributed by atoms with van der Waals surface area (Å²) in [5.74, 6) is 0.141. The van der Waals surface area contributed by atoms with Crippen molar-refractivity contribution in [1.82, 2.24) is 5.32 Å². The molecule has 1 atom stereocenters. The molecule has 0 spiro atoms. The summed E-state index contributed by atoms with van der Waals surface area (Å²) in [7, 11) is -3.32. The van der Waals surface area contributed by atoms with E-state index in [1.165, 1.54) is 0 Å². The first-order chi connectivity index (χ1) is 9.37. The number of sulfonamides is 1. The van der Waals surface area contributed by atoms with Crippen molar-refractivity contribution in [3.05, 3.63) is 27.7 Å². The lowest BCUT2D eigenvalue weighted by Gasteiger charge is -2.24. The number of benzene rings is 1. The van der Waals surface area contributed by atoms with Crippen molar-refractivity contribution in [3.8, 4) is 0 Å². The standard InChI is InChI=1S/C14H21BrN2O2S/c1-10-7-12(15)8-11(2)14(10)17-20(18,19)9-13-5-3-4-6-16-13/h7-8,13,16-17H,3-6,9H2,1-2H3. The van der Waals surface area contributed by atoms with Crippen LogP contribution in [0.15, 0.2) is 16.6 Å². The smallest absolute Gasteiger partial charge is 0.234 e. The van der Waals surface area contributed by atoms with E-state index in [9.17, 15) is 8.42 Å². The summed E-state index contributed by atoms with van der Waals surface area (Å²) >= 11 is 3.42. The summed E-state index contributed by atoms with van der Waals surface area (Å²) in [4.78, 5) is 0. The second-order valence-corrected chi connectivity index (χ2v) is 8.13. The monoisotopic (exact) mass is 360 g/mol. The Hall–Kier alpha value is -0.590. The van der Waals surface area contributed by atoms with Crippen LogP contribution >= 0.6 is 15.9 Å². The van der Waals surface area contributed by atoms with E-state index in [1.807, 2.05) is 26.0 Å². The van der Waals surface area contributed by atoms with Crippen molar-refractivity contribution >= 4 is 31.6 Å². The van der Waals surface area contributed by atoms with E-state index < -0.39 is 10.0 Å². The molecule has 1 aliphatic heterocycles. The first-order valence-electron chi connectivity index (χ1n) is 6.88. The maximum Gasteiger partial charge on any atom is 0.234 e. The highest BCUT2D eigenvalue weighted by Crippen LogP contribution is 2.26. The summed E-state index contributed by atoms with van der Waals surface area (Å²) in [6, 6.07) is 3.91. The predicted octanol–water partition coefficient (Wildman–Crippen LogP) is 2.95. The number of nitrogens with one attached hydrogen (secondary N) is 2. The number of anilines is 1. The molecular weight excluding hydrogens is 340 g/mol. The average molecular weight is 361 g/mol. The Bertz CT molecular complexity index is 558. The lowest BCUT2D eigenvalue weighted by Crippen LogP contribution is -2.40. The molecule has 112 valence electrons. The van der Waals surface area contributed by atoms with Gasteiger partial charge < -0.3 is 5.32 Å². The number of hydrogen-bond acceptors (Lipinski definition) is 3. The van der Waals surface area contributed by atoms with Gasteiger partial charge in [0.05, 0.1) is 11.4 Å². The van der Waals surface area contributed by atoms with Crippen molar-refractivity contribution in [2.45, 2.75) is 39.2 Å². The average Bonchev–Trinajstić information content (AvgIpc) is 2.34. The molecular formula is C14H21BrN2O2S. The molecule has 1 aromatic rings.